The van der Waals surface area contributed by atoms with E-state index in [4.69, 9.17) is 46.4 Å². The Hall–Kier alpha value is -2.11. The molecule has 0 aliphatic heterocycles. The molecule has 27 heavy (non-hydrogen) atoms. The molecule has 134 valence electrons. The van der Waals surface area contributed by atoms with Gasteiger partial charge in [-0.15, -0.1) is 0 Å². The molecule has 4 aromatic rings. The van der Waals surface area contributed by atoms with Gasteiger partial charge in [-0.05, 0) is 42.5 Å². The zero-order chi connectivity index (χ0) is 19.0. The first kappa shape index (κ1) is 18.3. The second-order valence-electron chi connectivity index (χ2n) is 5.70. The summed E-state index contributed by atoms with van der Waals surface area (Å²) in [6, 6.07) is 12.3. The molecule has 2 aromatic carbocycles. The van der Waals surface area contributed by atoms with Crippen LogP contribution < -0.4 is 5.32 Å². The van der Waals surface area contributed by atoms with Gasteiger partial charge in [0.05, 0.1) is 15.6 Å². The van der Waals surface area contributed by atoms with Crippen LogP contribution in [0.3, 0.4) is 0 Å². The third-order valence-corrected chi connectivity index (χ3v) is 4.94. The number of benzene rings is 2. The summed E-state index contributed by atoms with van der Waals surface area (Å²) in [5.74, 6) is 1.06. The number of anilines is 2. The Balaban J connectivity index is 1.92. The molecule has 0 aliphatic rings. The summed E-state index contributed by atoms with van der Waals surface area (Å²) in [5, 5.41) is 5.81. The van der Waals surface area contributed by atoms with Gasteiger partial charge >= 0.3 is 0 Å². The van der Waals surface area contributed by atoms with Crippen LogP contribution in [0.15, 0.2) is 54.9 Å². The van der Waals surface area contributed by atoms with E-state index in [0.29, 0.717) is 48.3 Å². The lowest BCUT2D eigenvalue weighted by atomic mass is 10.2. The fraction of sp³-hybridized carbons (Fsp3) is 0. The second-order valence-corrected chi connectivity index (χ2v) is 7.39. The average molecular weight is 436 g/mol. The van der Waals surface area contributed by atoms with E-state index in [0.717, 1.165) is 5.56 Å². The van der Waals surface area contributed by atoms with Gasteiger partial charge in [0.25, 0.3) is 0 Å². The number of fused-ring (bicyclic) bond motifs is 1. The molecule has 4 rings (SSSR count). The van der Waals surface area contributed by atoms with E-state index in [-0.39, 0.29) is 0 Å². The van der Waals surface area contributed by atoms with Crippen molar-refractivity contribution in [3.63, 3.8) is 0 Å². The summed E-state index contributed by atoms with van der Waals surface area (Å²) in [7, 11) is 0. The van der Waals surface area contributed by atoms with Crippen molar-refractivity contribution >= 4 is 68.8 Å². The zero-order valence-electron chi connectivity index (χ0n) is 13.5. The van der Waals surface area contributed by atoms with Crippen molar-refractivity contribution in [2.24, 2.45) is 0 Å². The first-order valence-corrected chi connectivity index (χ1v) is 9.31. The fourth-order valence-corrected chi connectivity index (χ4v) is 3.45. The lowest BCUT2D eigenvalue weighted by Crippen LogP contribution is -2.00. The predicted octanol–water partition coefficient (Wildman–Crippen LogP) is 7.05. The minimum absolute atomic E-state index is 0.411. The Bertz CT molecular complexity index is 1130. The average Bonchev–Trinajstić information content (AvgIpc) is 2.63. The summed E-state index contributed by atoms with van der Waals surface area (Å²) < 4.78 is 0. The summed E-state index contributed by atoms with van der Waals surface area (Å²) in [5.41, 5.74) is 2.11. The van der Waals surface area contributed by atoms with Crippen LogP contribution in [0.25, 0.3) is 22.3 Å². The topological polar surface area (TPSA) is 50.7 Å². The molecule has 0 aliphatic carbocycles. The van der Waals surface area contributed by atoms with Crippen molar-refractivity contribution in [2.75, 3.05) is 5.32 Å². The van der Waals surface area contributed by atoms with Crippen LogP contribution in [0.5, 0.6) is 0 Å². The maximum absolute atomic E-state index is 6.20. The molecule has 0 amide bonds. The quantitative estimate of drug-likeness (QED) is 0.374. The van der Waals surface area contributed by atoms with Crippen molar-refractivity contribution < 1.29 is 0 Å². The Morgan fingerprint density at radius 1 is 0.815 bits per heavy atom. The highest BCUT2D eigenvalue weighted by atomic mass is 35.5. The normalized spacial score (nSPS) is 11.0. The molecule has 0 bridgehead atoms. The molecule has 0 saturated heterocycles. The molecule has 0 atom stereocenters. The molecule has 2 aromatic heterocycles. The lowest BCUT2D eigenvalue weighted by Gasteiger charge is -2.12. The van der Waals surface area contributed by atoms with Crippen LogP contribution >= 0.6 is 46.4 Å². The van der Waals surface area contributed by atoms with Crippen molar-refractivity contribution in [1.29, 1.82) is 0 Å². The molecule has 8 heteroatoms. The number of aromatic nitrogens is 3. The number of nitrogens with one attached hydrogen (secondary N) is 1. The van der Waals surface area contributed by atoms with Gasteiger partial charge in [0.2, 0.25) is 0 Å². The Labute approximate surface area is 175 Å². The lowest BCUT2D eigenvalue weighted by molar-refractivity contribution is 1.20. The van der Waals surface area contributed by atoms with Crippen LogP contribution in [-0.4, -0.2) is 15.0 Å². The Morgan fingerprint density at radius 3 is 2.26 bits per heavy atom. The Morgan fingerprint density at radius 2 is 1.56 bits per heavy atom. The Kier molecular flexibility index (Phi) is 5.06. The van der Waals surface area contributed by atoms with Gasteiger partial charge in [0.1, 0.15) is 5.82 Å². The molecule has 0 spiro atoms. The number of pyridine rings is 1. The maximum Gasteiger partial charge on any atom is 0.163 e. The van der Waals surface area contributed by atoms with E-state index >= 15 is 0 Å². The summed E-state index contributed by atoms with van der Waals surface area (Å²) in [4.78, 5) is 13.4. The van der Waals surface area contributed by atoms with E-state index in [2.05, 4.69) is 20.3 Å². The van der Waals surface area contributed by atoms with Gasteiger partial charge in [0, 0.05) is 39.1 Å². The number of halogens is 4. The highest BCUT2D eigenvalue weighted by Crippen LogP contribution is 2.34. The molecule has 0 radical (unpaired) electrons. The van der Waals surface area contributed by atoms with E-state index < -0.39 is 0 Å². The molecule has 4 nitrogen and oxygen atoms in total. The molecule has 0 fully saturated rings. The highest BCUT2D eigenvalue weighted by Gasteiger charge is 2.13. The molecule has 2 heterocycles. The van der Waals surface area contributed by atoms with Crippen molar-refractivity contribution in [3.8, 4) is 11.4 Å². The number of rotatable bonds is 3. The minimum atomic E-state index is 0.411. The fourth-order valence-electron chi connectivity index (χ4n) is 2.61. The molecule has 0 saturated carbocycles. The van der Waals surface area contributed by atoms with Crippen LogP contribution in [0.4, 0.5) is 11.5 Å². The van der Waals surface area contributed by atoms with E-state index in [9.17, 15) is 0 Å². The largest absolute Gasteiger partial charge is 0.340 e. The van der Waals surface area contributed by atoms with E-state index in [1.54, 1.807) is 42.7 Å². The maximum atomic E-state index is 6.20. The van der Waals surface area contributed by atoms with Gasteiger partial charge in [0.15, 0.2) is 5.82 Å². The summed E-state index contributed by atoms with van der Waals surface area (Å²) in [6.45, 7) is 0. The van der Waals surface area contributed by atoms with Crippen LogP contribution in [0.1, 0.15) is 0 Å². The van der Waals surface area contributed by atoms with E-state index in [1.807, 2.05) is 12.1 Å². The SMILES string of the molecule is Clc1cc(Cl)cc(Nc2nc(-c3cccnc3)nc3cc(Cl)c(Cl)cc23)c1. The zero-order valence-corrected chi connectivity index (χ0v) is 16.6. The molecule has 1 N–H and O–H groups in total. The van der Waals surface area contributed by atoms with Gasteiger partial charge < -0.3 is 5.32 Å². The third-order valence-electron chi connectivity index (χ3n) is 3.78. The molecule has 0 unspecified atom stereocenters. The highest BCUT2D eigenvalue weighted by molar-refractivity contribution is 6.43. The minimum Gasteiger partial charge on any atom is -0.340 e. The number of hydrogen-bond donors (Lipinski definition) is 1. The molecular formula is C19H10Cl4N4. The molecular weight excluding hydrogens is 426 g/mol. The van der Waals surface area contributed by atoms with Crippen LogP contribution in [0.2, 0.25) is 20.1 Å². The standard InChI is InChI=1S/C19H10Cl4N4/c20-11-4-12(21)6-13(5-11)25-19-14-7-15(22)16(23)8-17(14)26-18(27-19)10-2-1-3-24-9-10/h1-9H,(H,25,26,27). The van der Waals surface area contributed by atoms with Crippen molar-refractivity contribution in [2.45, 2.75) is 0 Å². The monoisotopic (exact) mass is 434 g/mol. The van der Waals surface area contributed by atoms with Gasteiger partial charge in [-0.25, -0.2) is 9.97 Å². The first-order valence-electron chi connectivity index (χ1n) is 7.80. The summed E-state index contributed by atoms with van der Waals surface area (Å²) in [6.07, 6.45) is 3.38. The summed E-state index contributed by atoms with van der Waals surface area (Å²) >= 11 is 24.6. The second kappa shape index (κ2) is 7.49. The predicted molar refractivity (Wildman–Crippen MR) is 113 cm³/mol. The first-order chi connectivity index (χ1) is 13.0. The van der Waals surface area contributed by atoms with Crippen LogP contribution in [-0.2, 0) is 0 Å². The smallest absolute Gasteiger partial charge is 0.163 e. The van der Waals surface area contributed by atoms with Crippen molar-refractivity contribution in [3.05, 3.63) is 74.9 Å². The van der Waals surface area contributed by atoms with Gasteiger partial charge in [-0.1, -0.05) is 46.4 Å². The van der Waals surface area contributed by atoms with Gasteiger partial charge in [-0.3, -0.25) is 4.98 Å². The number of hydrogen-bond acceptors (Lipinski definition) is 4. The van der Waals surface area contributed by atoms with E-state index in [1.165, 1.54) is 0 Å². The van der Waals surface area contributed by atoms with Crippen LogP contribution in [0, 0.1) is 0 Å². The van der Waals surface area contributed by atoms with Crippen molar-refractivity contribution in [1.82, 2.24) is 15.0 Å². The number of nitrogens with zero attached hydrogens (tertiary/aromatic N) is 3. The van der Waals surface area contributed by atoms with Gasteiger partial charge in [-0.2, -0.15) is 0 Å². The third kappa shape index (κ3) is 3.94.